The Morgan fingerprint density at radius 3 is 2.60 bits per heavy atom. The van der Waals surface area contributed by atoms with E-state index in [1.807, 2.05) is 0 Å². The molecule has 0 aromatic rings. The quantitative estimate of drug-likeness (QED) is 0.205. The molecule has 52 valence electrons. The first kappa shape index (κ1) is 13.5. The summed E-state index contributed by atoms with van der Waals surface area (Å²) >= 11 is 5.07. The molecule has 0 bridgehead atoms. The monoisotopic (exact) mass is 188 g/mol. The number of carbonyl (C=O) groups is 1. The van der Waals surface area contributed by atoms with Gasteiger partial charge in [-0.25, -0.2) is 0 Å². The molecule has 10 heavy (non-hydrogen) atoms. The predicted molar refractivity (Wildman–Crippen MR) is 30.6 cm³/mol. The van der Waals surface area contributed by atoms with Crippen molar-refractivity contribution in [3.8, 4) is 0 Å². The molecule has 0 aliphatic carbocycles. The van der Waals surface area contributed by atoms with Gasteiger partial charge in [-0.1, -0.05) is 18.5 Å². The van der Waals surface area contributed by atoms with Gasteiger partial charge in [0.2, 0.25) is 0 Å². The Balaban J connectivity index is 0. The van der Waals surface area contributed by atoms with Crippen LogP contribution in [0.2, 0.25) is 0 Å². The van der Waals surface area contributed by atoms with Crippen LogP contribution in [0.5, 0.6) is 0 Å². The van der Waals surface area contributed by atoms with Gasteiger partial charge in [-0.05, 0) is 6.61 Å². The van der Waals surface area contributed by atoms with Crippen LogP contribution in [0.3, 0.4) is 0 Å². The van der Waals surface area contributed by atoms with E-state index in [0.29, 0.717) is 0 Å². The number of halogens is 1. The van der Waals surface area contributed by atoms with E-state index in [1.54, 1.807) is 6.92 Å². The molecule has 0 saturated carbocycles. The van der Waals surface area contributed by atoms with Crippen molar-refractivity contribution in [2.75, 3.05) is 6.61 Å². The molecule has 0 aromatic heterocycles. The summed E-state index contributed by atoms with van der Waals surface area (Å²) in [5.41, 5.74) is 0. The van der Waals surface area contributed by atoms with Crippen LogP contribution in [0.25, 0.3) is 0 Å². The smallest absolute Gasteiger partial charge is 0.612 e. The third-order valence-electron chi connectivity index (χ3n) is 0.574. The van der Waals surface area contributed by atoms with Crippen LogP contribution in [0, 0.1) is 0 Å². The zero-order valence-electron chi connectivity index (χ0n) is 5.89. The van der Waals surface area contributed by atoms with Gasteiger partial charge in [-0.2, -0.15) is 0 Å². The van der Waals surface area contributed by atoms with Gasteiger partial charge in [0.05, 0.1) is 5.95 Å². The molecule has 0 aromatic carbocycles. The minimum absolute atomic E-state index is 0. The molecule has 3 nitrogen and oxygen atoms in total. The van der Waals surface area contributed by atoms with Gasteiger partial charge in [-0.15, -0.1) is 0 Å². The van der Waals surface area contributed by atoms with E-state index in [4.69, 9.17) is 11.6 Å². The van der Waals surface area contributed by atoms with Crippen LogP contribution in [0.15, 0.2) is 11.0 Å². The molecular formula is C5H6ClKO3. The Morgan fingerprint density at radius 1 is 1.80 bits per heavy atom. The van der Waals surface area contributed by atoms with E-state index in [-0.39, 0.29) is 64.3 Å². The molecule has 0 N–H and O–H groups in total. The standard InChI is InChI=1S/C5H7ClO3.K/c1-2-9-5(8)4(6)3-7;/h3,8H,2H2,1H3;/q;+1/p-1. The Bertz CT molecular complexity index is 135. The number of hydrogen-bond acceptors (Lipinski definition) is 3. The SMILES string of the molecule is CCOC([O-])=C(Cl)C=O.[K+]. The molecule has 0 spiro atoms. The van der Waals surface area contributed by atoms with Crippen molar-refractivity contribution >= 4 is 17.9 Å². The topological polar surface area (TPSA) is 49.4 Å². The van der Waals surface area contributed by atoms with Crippen molar-refractivity contribution in [2.24, 2.45) is 0 Å². The molecule has 0 atom stereocenters. The predicted octanol–water partition coefficient (Wildman–Crippen LogP) is -3.01. The molecule has 0 unspecified atom stereocenters. The van der Waals surface area contributed by atoms with Gasteiger partial charge in [0.1, 0.15) is 5.03 Å². The molecule has 0 fully saturated rings. The van der Waals surface area contributed by atoms with Crippen molar-refractivity contribution < 1.29 is 66.0 Å². The maximum atomic E-state index is 10.4. The van der Waals surface area contributed by atoms with E-state index in [2.05, 4.69) is 4.74 Å². The first-order valence-electron chi connectivity index (χ1n) is 2.37. The molecule has 0 heterocycles. The van der Waals surface area contributed by atoms with Crippen molar-refractivity contribution in [2.45, 2.75) is 6.92 Å². The van der Waals surface area contributed by atoms with Crippen molar-refractivity contribution in [3.63, 3.8) is 0 Å². The van der Waals surface area contributed by atoms with Crippen LogP contribution in [0.4, 0.5) is 0 Å². The summed E-state index contributed by atoms with van der Waals surface area (Å²) in [5.74, 6) is -0.769. The fourth-order valence-electron chi connectivity index (χ4n) is 0.248. The molecule has 5 heteroatoms. The van der Waals surface area contributed by atoms with Crippen LogP contribution in [-0.4, -0.2) is 12.9 Å². The number of carbonyl (C=O) groups excluding carboxylic acids is 1. The number of hydrogen-bond donors (Lipinski definition) is 0. The molecule has 0 radical (unpaired) electrons. The van der Waals surface area contributed by atoms with E-state index in [1.165, 1.54) is 0 Å². The van der Waals surface area contributed by atoms with Gasteiger partial charge in [0.15, 0.2) is 6.29 Å². The Kier molecular flexibility index (Phi) is 10.9. The van der Waals surface area contributed by atoms with Crippen molar-refractivity contribution in [3.05, 3.63) is 11.0 Å². The van der Waals surface area contributed by atoms with Crippen LogP contribution >= 0.6 is 11.6 Å². The molecule has 0 aliphatic heterocycles. The Labute approximate surface area is 107 Å². The molecule has 0 amide bonds. The van der Waals surface area contributed by atoms with Crippen molar-refractivity contribution in [1.82, 2.24) is 0 Å². The summed E-state index contributed by atoms with van der Waals surface area (Å²) in [4.78, 5) is 9.75. The van der Waals surface area contributed by atoms with E-state index in [0.717, 1.165) is 0 Å². The van der Waals surface area contributed by atoms with Gasteiger partial charge in [0, 0.05) is 0 Å². The summed E-state index contributed by atoms with van der Waals surface area (Å²) in [7, 11) is 0. The Hall–Kier alpha value is 0.936. The summed E-state index contributed by atoms with van der Waals surface area (Å²) in [6.45, 7) is 1.86. The van der Waals surface area contributed by atoms with E-state index < -0.39 is 11.0 Å². The number of aldehydes is 1. The maximum Gasteiger partial charge on any atom is 1.00 e. The number of allylic oxidation sites excluding steroid dienone is 1. The largest absolute Gasteiger partial charge is 1.00 e. The molecule has 0 rings (SSSR count). The zero-order valence-corrected chi connectivity index (χ0v) is 9.77. The summed E-state index contributed by atoms with van der Waals surface area (Å²) < 4.78 is 4.36. The zero-order chi connectivity index (χ0) is 7.28. The number of ether oxygens (including phenoxy) is 1. The summed E-state index contributed by atoms with van der Waals surface area (Å²) in [6.07, 6.45) is 0.250. The average Bonchev–Trinajstić information content (AvgIpc) is 1.87. The first-order valence-corrected chi connectivity index (χ1v) is 2.75. The minimum atomic E-state index is -0.769. The van der Waals surface area contributed by atoms with Gasteiger partial charge in [-0.3, -0.25) is 4.79 Å². The summed E-state index contributed by atoms with van der Waals surface area (Å²) in [5, 5.41) is 9.93. The minimum Gasteiger partial charge on any atom is -0.612 e. The fourth-order valence-corrected chi connectivity index (χ4v) is 0.303. The Morgan fingerprint density at radius 2 is 2.30 bits per heavy atom. The summed E-state index contributed by atoms with van der Waals surface area (Å²) in [6, 6.07) is 0. The second kappa shape index (κ2) is 8.04. The molecular weight excluding hydrogens is 183 g/mol. The average molecular weight is 189 g/mol. The fraction of sp³-hybridized carbons (Fsp3) is 0.400. The second-order valence-corrected chi connectivity index (χ2v) is 1.59. The van der Waals surface area contributed by atoms with Gasteiger partial charge < -0.3 is 9.84 Å². The van der Waals surface area contributed by atoms with Crippen molar-refractivity contribution in [1.29, 1.82) is 0 Å². The molecule has 0 saturated heterocycles. The molecule has 0 aliphatic rings. The second-order valence-electron chi connectivity index (χ2n) is 1.19. The van der Waals surface area contributed by atoms with Crippen LogP contribution in [-0.2, 0) is 9.53 Å². The van der Waals surface area contributed by atoms with E-state index >= 15 is 0 Å². The van der Waals surface area contributed by atoms with Crippen LogP contribution < -0.4 is 56.5 Å². The first-order chi connectivity index (χ1) is 4.22. The third-order valence-corrected chi connectivity index (χ3v) is 0.817. The maximum absolute atomic E-state index is 10.4. The van der Waals surface area contributed by atoms with Gasteiger partial charge in [0.25, 0.3) is 0 Å². The normalized spacial score (nSPS) is 11.0. The van der Waals surface area contributed by atoms with Crippen LogP contribution in [0.1, 0.15) is 6.92 Å². The number of rotatable bonds is 3. The van der Waals surface area contributed by atoms with E-state index in [9.17, 15) is 9.90 Å². The van der Waals surface area contributed by atoms with Gasteiger partial charge >= 0.3 is 51.4 Å². The third kappa shape index (κ3) is 5.70.